The van der Waals surface area contributed by atoms with Crippen molar-refractivity contribution >= 4 is 0 Å². The number of rotatable bonds is 3. The van der Waals surface area contributed by atoms with Crippen molar-refractivity contribution < 1.29 is 17.6 Å². The van der Waals surface area contributed by atoms with E-state index in [2.05, 4.69) is 31.2 Å². The maximum Gasteiger partial charge on any atom is 0.442 e. The minimum absolute atomic E-state index is 0.295. The molecule has 2 aliphatic carbocycles. The molecule has 0 nitrogen and oxygen atoms in total. The van der Waals surface area contributed by atoms with Crippen molar-refractivity contribution in [1.82, 2.24) is 0 Å². The lowest BCUT2D eigenvalue weighted by Crippen LogP contribution is -2.15. The van der Waals surface area contributed by atoms with Gasteiger partial charge in [-0.25, -0.2) is 4.39 Å². The molecule has 1 aromatic rings. The van der Waals surface area contributed by atoms with Gasteiger partial charge in [0.15, 0.2) is 5.83 Å². The van der Waals surface area contributed by atoms with Gasteiger partial charge in [0.25, 0.3) is 0 Å². The highest BCUT2D eigenvalue weighted by molar-refractivity contribution is 5.28. The van der Waals surface area contributed by atoms with Gasteiger partial charge in [0, 0.05) is 0 Å². The number of hydrogen-bond donors (Lipinski definition) is 0. The molecule has 1 aromatic carbocycles. The third-order valence-electron chi connectivity index (χ3n) is 6.32. The summed E-state index contributed by atoms with van der Waals surface area (Å²) in [4.78, 5) is 0. The topological polar surface area (TPSA) is 0 Å². The standard InChI is InChI=1S/C22H28F4/c1-15-2-6-17(7-3-15)19-10-12-20(13-11-19)18-8-4-16(5-9-18)14-21(23)22(24,25)26/h10-18H,2-9H2,1H3. The first-order chi connectivity index (χ1) is 12.3. The van der Waals surface area contributed by atoms with Crippen LogP contribution in [-0.2, 0) is 0 Å². The maximum absolute atomic E-state index is 13.1. The summed E-state index contributed by atoms with van der Waals surface area (Å²) >= 11 is 0. The van der Waals surface area contributed by atoms with E-state index >= 15 is 0 Å². The van der Waals surface area contributed by atoms with Gasteiger partial charge in [0.2, 0.25) is 0 Å². The van der Waals surface area contributed by atoms with Crippen molar-refractivity contribution in [1.29, 1.82) is 0 Å². The molecule has 0 amide bonds. The number of hydrogen-bond acceptors (Lipinski definition) is 0. The quantitative estimate of drug-likeness (QED) is 0.480. The molecular formula is C22H28F4. The highest BCUT2D eigenvalue weighted by atomic mass is 19.4. The van der Waals surface area contributed by atoms with E-state index in [1.807, 2.05) is 0 Å². The molecule has 0 aromatic heterocycles. The van der Waals surface area contributed by atoms with E-state index < -0.39 is 12.0 Å². The summed E-state index contributed by atoms with van der Waals surface area (Å²) in [6, 6.07) is 8.88. The van der Waals surface area contributed by atoms with Crippen LogP contribution < -0.4 is 0 Å². The van der Waals surface area contributed by atoms with Gasteiger partial charge in [-0.1, -0.05) is 44.0 Å². The zero-order valence-corrected chi connectivity index (χ0v) is 15.4. The Kier molecular flexibility index (Phi) is 6.09. The second kappa shape index (κ2) is 8.14. The van der Waals surface area contributed by atoms with Gasteiger partial charge in [0.1, 0.15) is 0 Å². The normalized spacial score (nSPS) is 31.0. The molecule has 0 heterocycles. The zero-order chi connectivity index (χ0) is 18.7. The Morgan fingerprint density at radius 1 is 0.808 bits per heavy atom. The molecule has 0 bridgehead atoms. The van der Waals surface area contributed by atoms with E-state index in [4.69, 9.17) is 0 Å². The van der Waals surface area contributed by atoms with E-state index in [-0.39, 0.29) is 5.92 Å². The predicted octanol–water partition coefficient (Wildman–Crippen LogP) is 7.67. The Hall–Kier alpha value is -1.32. The monoisotopic (exact) mass is 368 g/mol. The smallest absolute Gasteiger partial charge is 0.202 e. The van der Waals surface area contributed by atoms with Crippen LogP contribution in [-0.4, -0.2) is 6.18 Å². The minimum atomic E-state index is -4.84. The fraction of sp³-hybridized carbons (Fsp3) is 0.636. The summed E-state index contributed by atoms with van der Waals surface area (Å²) in [6.45, 7) is 2.32. The van der Waals surface area contributed by atoms with Crippen molar-refractivity contribution in [3.63, 3.8) is 0 Å². The number of alkyl halides is 3. The Labute approximate surface area is 153 Å². The molecule has 144 valence electrons. The van der Waals surface area contributed by atoms with E-state index in [0.29, 0.717) is 24.7 Å². The average molecular weight is 368 g/mol. The summed E-state index contributed by atoms with van der Waals surface area (Å²) < 4.78 is 50.0. The van der Waals surface area contributed by atoms with Crippen LogP contribution in [0.2, 0.25) is 0 Å². The molecule has 3 rings (SSSR count). The van der Waals surface area contributed by atoms with Crippen LogP contribution in [0.15, 0.2) is 36.2 Å². The Morgan fingerprint density at radius 2 is 1.23 bits per heavy atom. The van der Waals surface area contributed by atoms with Gasteiger partial charge in [-0.2, -0.15) is 13.2 Å². The molecule has 0 atom stereocenters. The lowest BCUT2D eigenvalue weighted by molar-refractivity contribution is -0.109. The first-order valence-electron chi connectivity index (χ1n) is 9.87. The lowest BCUT2D eigenvalue weighted by atomic mass is 9.77. The van der Waals surface area contributed by atoms with Crippen LogP contribution in [0.3, 0.4) is 0 Å². The van der Waals surface area contributed by atoms with Crippen molar-refractivity contribution in [2.45, 2.75) is 76.3 Å². The van der Waals surface area contributed by atoms with Crippen LogP contribution in [0.25, 0.3) is 0 Å². The summed E-state index contributed by atoms with van der Waals surface area (Å²) in [7, 11) is 0. The Morgan fingerprint density at radius 3 is 1.65 bits per heavy atom. The Bertz CT molecular complexity index is 598. The summed E-state index contributed by atoms with van der Waals surface area (Å²) in [5, 5.41) is 0. The van der Waals surface area contributed by atoms with Gasteiger partial charge in [0.05, 0.1) is 0 Å². The third-order valence-corrected chi connectivity index (χ3v) is 6.32. The second-order valence-corrected chi connectivity index (χ2v) is 8.25. The molecule has 0 radical (unpaired) electrons. The van der Waals surface area contributed by atoms with Gasteiger partial charge in [-0.3, -0.25) is 0 Å². The number of halogens is 4. The van der Waals surface area contributed by atoms with Crippen molar-refractivity contribution in [2.75, 3.05) is 0 Å². The van der Waals surface area contributed by atoms with Gasteiger partial charge in [-0.15, -0.1) is 0 Å². The second-order valence-electron chi connectivity index (χ2n) is 8.25. The van der Waals surface area contributed by atoms with Crippen LogP contribution in [0.1, 0.15) is 81.3 Å². The summed E-state index contributed by atoms with van der Waals surface area (Å²) in [5.41, 5.74) is 2.70. The fourth-order valence-electron chi connectivity index (χ4n) is 4.55. The molecule has 0 unspecified atom stereocenters. The summed E-state index contributed by atoms with van der Waals surface area (Å²) in [6.07, 6.45) is 3.97. The first kappa shape index (κ1) is 19.4. The highest BCUT2D eigenvalue weighted by Gasteiger charge is 2.35. The minimum Gasteiger partial charge on any atom is -0.202 e. The molecule has 0 N–H and O–H groups in total. The van der Waals surface area contributed by atoms with Crippen LogP contribution in [0, 0.1) is 11.8 Å². The van der Waals surface area contributed by atoms with Crippen molar-refractivity contribution in [3.05, 3.63) is 47.3 Å². The van der Waals surface area contributed by atoms with Crippen LogP contribution in [0.5, 0.6) is 0 Å². The molecule has 0 aliphatic heterocycles. The predicted molar refractivity (Wildman–Crippen MR) is 96.8 cm³/mol. The van der Waals surface area contributed by atoms with Gasteiger partial charge < -0.3 is 0 Å². The molecule has 4 heteroatoms. The van der Waals surface area contributed by atoms with Crippen molar-refractivity contribution in [2.24, 2.45) is 11.8 Å². The lowest BCUT2D eigenvalue weighted by Gasteiger charge is -2.29. The molecule has 26 heavy (non-hydrogen) atoms. The fourth-order valence-corrected chi connectivity index (χ4v) is 4.55. The molecular weight excluding hydrogens is 340 g/mol. The third kappa shape index (κ3) is 4.89. The molecule has 2 saturated carbocycles. The first-order valence-corrected chi connectivity index (χ1v) is 9.87. The average Bonchev–Trinajstić information content (AvgIpc) is 2.62. The van der Waals surface area contributed by atoms with E-state index in [9.17, 15) is 17.6 Å². The van der Waals surface area contributed by atoms with Crippen molar-refractivity contribution in [3.8, 4) is 0 Å². The molecule has 2 aliphatic rings. The molecule has 0 spiro atoms. The van der Waals surface area contributed by atoms with E-state index in [1.54, 1.807) is 0 Å². The number of benzene rings is 1. The van der Waals surface area contributed by atoms with E-state index in [1.165, 1.54) is 36.8 Å². The maximum atomic E-state index is 13.1. The van der Waals surface area contributed by atoms with Crippen LogP contribution >= 0.6 is 0 Å². The van der Waals surface area contributed by atoms with Crippen LogP contribution in [0.4, 0.5) is 17.6 Å². The summed E-state index contributed by atoms with van der Waals surface area (Å²) in [5.74, 6) is -0.332. The Balaban J connectivity index is 1.55. The van der Waals surface area contributed by atoms with Gasteiger partial charge in [-0.05, 0) is 79.4 Å². The SMILES string of the molecule is CC1CCC(c2ccc(C3CCC(C=C(F)C(F)(F)F)CC3)cc2)CC1. The van der Waals surface area contributed by atoms with Gasteiger partial charge >= 0.3 is 6.18 Å². The molecule has 0 saturated heterocycles. The zero-order valence-electron chi connectivity index (χ0n) is 15.4. The largest absolute Gasteiger partial charge is 0.442 e. The van der Waals surface area contributed by atoms with E-state index in [0.717, 1.165) is 24.8 Å². The molecule has 2 fully saturated rings. The number of allylic oxidation sites excluding steroid dienone is 2. The highest BCUT2D eigenvalue weighted by Crippen LogP contribution is 2.40.